The Hall–Kier alpha value is -4.50. The number of hydrogen-bond donors (Lipinski definition) is 1. The summed E-state index contributed by atoms with van der Waals surface area (Å²) < 4.78 is 8.81. The standard InChI is InChI=1S/C33H32N4O4S/c1-18(2)13-15-41-23-10-6-9-22(17-23)28-26(29(38)27-21(5)36-14-7-8-20(4)31(36)35-27)30(39)32(40)37(28)33-34-24-12-11-19(3)16-25(24)42-33/h6-12,14,16-18,28,38H,13,15H2,1-5H3. The van der Waals surface area contributed by atoms with Gasteiger partial charge in [0.25, 0.3) is 5.78 Å². The molecule has 0 saturated carbocycles. The highest BCUT2D eigenvalue weighted by molar-refractivity contribution is 7.22. The third-order valence-electron chi connectivity index (χ3n) is 7.63. The van der Waals surface area contributed by atoms with Crippen molar-refractivity contribution in [3.05, 3.63) is 94.4 Å². The van der Waals surface area contributed by atoms with Crippen LogP contribution in [0.5, 0.6) is 5.75 Å². The number of nitrogens with zero attached hydrogens (tertiary/aromatic N) is 4. The first-order valence-electron chi connectivity index (χ1n) is 14.0. The molecule has 1 amide bonds. The van der Waals surface area contributed by atoms with E-state index in [1.54, 1.807) is 0 Å². The Kier molecular flexibility index (Phi) is 7.06. The third kappa shape index (κ3) is 4.73. The number of hydrogen-bond acceptors (Lipinski definition) is 7. The van der Waals surface area contributed by atoms with E-state index in [0.29, 0.717) is 40.3 Å². The van der Waals surface area contributed by atoms with Crippen LogP contribution in [0, 0.1) is 26.7 Å². The number of aliphatic hydroxyl groups is 1. The zero-order chi connectivity index (χ0) is 29.7. The highest BCUT2D eigenvalue weighted by atomic mass is 32.1. The lowest BCUT2D eigenvalue weighted by molar-refractivity contribution is -0.132. The van der Waals surface area contributed by atoms with Crippen molar-refractivity contribution >= 4 is 49.8 Å². The monoisotopic (exact) mass is 580 g/mol. The molecule has 1 aliphatic heterocycles. The summed E-state index contributed by atoms with van der Waals surface area (Å²) in [6, 6.07) is 16.1. The van der Waals surface area contributed by atoms with E-state index in [-0.39, 0.29) is 17.0 Å². The quantitative estimate of drug-likeness (QED) is 0.128. The zero-order valence-corrected chi connectivity index (χ0v) is 25.0. The first-order valence-corrected chi connectivity index (χ1v) is 14.8. The molecule has 1 unspecified atom stereocenters. The van der Waals surface area contributed by atoms with Crippen LogP contribution in [0.2, 0.25) is 0 Å². The molecular weight excluding hydrogens is 548 g/mol. The van der Waals surface area contributed by atoms with E-state index in [2.05, 4.69) is 13.8 Å². The van der Waals surface area contributed by atoms with Crippen LogP contribution in [-0.2, 0) is 9.59 Å². The number of benzene rings is 2. The maximum atomic E-state index is 13.8. The second-order valence-electron chi connectivity index (χ2n) is 11.2. The lowest BCUT2D eigenvalue weighted by atomic mass is 9.96. The van der Waals surface area contributed by atoms with E-state index >= 15 is 0 Å². The number of amides is 1. The van der Waals surface area contributed by atoms with E-state index in [9.17, 15) is 14.7 Å². The fourth-order valence-corrected chi connectivity index (χ4v) is 6.42. The predicted molar refractivity (Wildman–Crippen MR) is 165 cm³/mol. The fraction of sp³-hybridized carbons (Fsp3) is 0.273. The van der Waals surface area contributed by atoms with E-state index in [1.165, 1.54) is 16.2 Å². The summed E-state index contributed by atoms with van der Waals surface area (Å²) in [5.74, 6) is -0.740. The molecule has 6 rings (SSSR count). The lowest BCUT2D eigenvalue weighted by Crippen LogP contribution is -2.29. The Labute approximate surface area is 247 Å². The molecule has 2 aromatic carbocycles. The minimum absolute atomic E-state index is 0.0288. The van der Waals surface area contributed by atoms with Crippen molar-refractivity contribution < 1.29 is 19.4 Å². The van der Waals surface area contributed by atoms with Gasteiger partial charge in [0, 0.05) is 6.20 Å². The van der Waals surface area contributed by atoms with Crippen LogP contribution in [0.25, 0.3) is 21.6 Å². The summed E-state index contributed by atoms with van der Waals surface area (Å²) in [5, 5.41) is 12.2. The number of fused-ring (bicyclic) bond motifs is 2. The van der Waals surface area contributed by atoms with Gasteiger partial charge >= 0.3 is 5.91 Å². The van der Waals surface area contributed by atoms with Crippen molar-refractivity contribution in [3.8, 4) is 5.75 Å². The third-order valence-corrected chi connectivity index (χ3v) is 8.65. The molecule has 1 saturated heterocycles. The number of thiazole rings is 1. The molecule has 1 atom stereocenters. The van der Waals surface area contributed by atoms with Gasteiger partial charge < -0.3 is 14.2 Å². The van der Waals surface area contributed by atoms with Gasteiger partial charge in [0.1, 0.15) is 17.1 Å². The highest BCUT2D eigenvalue weighted by Crippen LogP contribution is 2.45. The first kappa shape index (κ1) is 27.7. The van der Waals surface area contributed by atoms with Crippen molar-refractivity contribution in [2.75, 3.05) is 11.5 Å². The van der Waals surface area contributed by atoms with Crippen molar-refractivity contribution in [2.45, 2.75) is 47.1 Å². The largest absolute Gasteiger partial charge is 0.505 e. The molecular formula is C33H32N4O4S. The summed E-state index contributed by atoms with van der Waals surface area (Å²) >= 11 is 1.34. The number of rotatable bonds is 7. The molecule has 4 heterocycles. The Balaban J connectivity index is 1.54. The molecule has 8 nitrogen and oxygen atoms in total. The minimum Gasteiger partial charge on any atom is -0.505 e. The number of carbonyl (C=O) groups excluding carboxylic acids is 2. The number of aryl methyl sites for hydroxylation is 3. The van der Waals surface area contributed by atoms with Gasteiger partial charge in [-0.1, -0.05) is 49.4 Å². The first-order chi connectivity index (χ1) is 20.1. The molecule has 0 radical (unpaired) electrons. The molecule has 0 aliphatic carbocycles. The van der Waals surface area contributed by atoms with Crippen LogP contribution < -0.4 is 9.64 Å². The summed E-state index contributed by atoms with van der Waals surface area (Å²) in [5.41, 5.74) is 4.93. The van der Waals surface area contributed by atoms with Crippen LogP contribution in [-0.4, -0.2) is 37.8 Å². The van der Waals surface area contributed by atoms with Gasteiger partial charge in [0.05, 0.1) is 34.1 Å². The van der Waals surface area contributed by atoms with Gasteiger partial charge in [0.15, 0.2) is 10.9 Å². The number of Topliss-reactive ketones (excluding diaryl/α,β-unsaturated/α-hetero) is 1. The Morgan fingerprint density at radius 3 is 2.62 bits per heavy atom. The molecule has 0 spiro atoms. The van der Waals surface area contributed by atoms with Crippen molar-refractivity contribution in [3.63, 3.8) is 0 Å². The average Bonchev–Trinajstić information content (AvgIpc) is 3.60. The molecule has 9 heteroatoms. The molecule has 5 aromatic rings. The number of ketones is 1. The highest BCUT2D eigenvalue weighted by Gasteiger charge is 2.48. The molecule has 1 fully saturated rings. The molecule has 1 aliphatic rings. The van der Waals surface area contributed by atoms with Crippen molar-refractivity contribution in [1.82, 2.24) is 14.4 Å². The van der Waals surface area contributed by atoms with Gasteiger partial charge in [-0.05, 0) is 80.1 Å². The van der Waals surface area contributed by atoms with Gasteiger partial charge in [-0.15, -0.1) is 0 Å². The van der Waals surface area contributed by atoms with Crippen LogP contribution >= 0.6 is 11.3 Å². The van der Waals surface area contributed by atoms with Gasteiger partial charge in [-0.25, -0.2) is 9.97 Å². The second kappa shape index (κ2) is 10.7. The minimum atomic E-state index is -0.925. The van der Waals surface area contributed by atoms with Gasteiger partial charge in [-0.2, -0.15) is 0 Å². The maximum Gasteiger partial charge on any atom is 0.301 e. The van der Waals surface area contributed by atoms with Gasteiger partial charge in [-0.3, -0.25) is 14.5 Å². The number of ether oxygens (including phenoxy) is 1. The van der Waals surface area contributed by atoms with E-state index in [4.69, 9.17) is 14.7 Å². The normalized spacial score (nSPS) is 16.8. The van der Waals surface area contributed by atoms with E-state index in [1.807, 2.05) is 86.0 Å². The summed E-state index contributed by atoms with van der Waals surface area (Å²) in [6.45, 7) is 10.6. The number of anilines is 1. The SMILES string of the molecule is Cc1ccc2nc(N3C(=O)C(=O)C(=C(O)c4nc5c(C)cccn5c4C)C3c3cccc(OCCC(C)C)c3)sc2c1. The molecule has 214 valence electrons. The summed E-state index contributed by atoms with van der Waals surface area (Å²) in [6.07, 6.45) is 2.75. The van der Waals surface area contributed by atoms with Gasteiger partial charge in [0.2, 0.25) is 0 Å². The van der Waals surface area contributed by atoms with Crippen LogP contribution in [0.15, 0.2) is 66.4 Å². The number of pyridine rings is 1. The molecule has 42 heavy (non-hydrogen) atoms. The van der Waals surface area contributed by atoms with Crippen LogP contribution in [0.4, 0.5) is 5.13 Å². The smallest absolute Gasteiger partial charge is 0.301 e. The molecule has 3 aromatic heterocycles. The summed E-state index contributed by atoms with van der Waals surface area (Å²) in [4.78, 5) is 38.4. The predicted octanol–water partition coefficient (Wildman–Crippen LogP) is 6.92. The zero-order valence-electron chi connectivity index (χ0n) is 24.2. The Bertz CT molecular complexity index is 1900. The number of aromatic nitrogens is 3. The number of imidazole rings is 1. The molecule has 1 N–H and O–H groups in total. The van der Waals surface area contributed by atoms with Crippen LogP contribution in [0.1, 0.15) is 54.4 Å². The number of aliphatic hydroxyl groups excluding tert-OH is 1. The Morgan fingerprint density at radius 1 is 1.05 bits per heavy atom. The maximum absolute atomic E-state index is 13.8. The second-order valence-corrected chi connectivity index (χ2v) is 12.2. The Morgan fingerprint density at radius 2 is 1.86 bits per heavy atom. The average molecular weight is 581 g/mol. The summed E-state index contributed by atoms with van der Waals surface area (Å²) in [7, 11) is 0. The topological polar surface area (TPSA) is 97.0 Å². The lowest BCUT2D eigenvalue weighted by Gasteiger charge is -2.23. The van der Waals surface area contributed by atoms with E-state index < -0.39 is 17.7 Å². The van der Waals surface area contributed by atoms with E-state index in [0.717, 1.165) is 27.8 Å². The molecule has 0 bridgehead atoms. The number of carbonyl (C=O) groups is 2. The van der Waals surface area contributed by atoms with Crippen molar-refractivity contribution in [2.24, 2.45) is 5.92 Å². The fourth-order valence-electron chi connectivity index (χ4n) is 5.33. The van der Waals surface area contributed by atoms with Crippen LogP contribution in [0.3, 0.4) is 0 Å². The van der Waals surface area contributed by atoms with Crippen molar-refractivity contribution in [1.29, 1.82) is 0 Å².